The average Bonchev–Trinajstić information content (AvgIpc) is 3.21. The SMILES string of the molecule is O=C(c1c[nH]c2cccc(Br)c12)C1(c2ccccc2)CC1. The zero-order valence-corrected chi connectivity index (χ0v) is 13.0. The van der Waals surface area contributed by atoms with Gasteiger partial charge in [0.1, 0.15) is 0 Å². The van der Waals surface area contributed by atoms with E-state index in [1.807, 2.05) is 42.6 Å². The van der Waals surface area contributed by atoms with Crippen molar-refractivity contribution >= 4 is 32.6 Å². The molecule has 2 nitrogen and oxygen atoms in total. The van der Waals surface area contributed by atoms with Crippen LogP contribution in [0, 0.1) is 0 Å². The average molecular weight is 340 g/mol. The topological polar surface area (TPSA) is 32.9 Å². The van der Waals surface area contributed by atoms with Crippen LogP contribution in [0.15, 0.2) is 59.2 Å². The molecule has 0 aliphatic heterocycles. The minimum absolute atomic E-state index is 0.229. The van der Waals surface area contributed by atoms with Gasteiger partial charge in [-0.05, 0) is 30.5 Å². The maximum atomic E-state index is 13.1. The Morgan fingerprint density at radius 2 is 1.81 bits per heavy atom. The van der Waals surface area contributed by atoms with Gasteiger partial charge in [-0.3, -0.25) is 4.79 Å². The summed E-state index contributed by atoms with van der Waals surface area (Å²) in [7, 11) is 0. The third kappa shape index (κ3) is 1.88. The first-order valence-electron chi connectivity index (χ1n) is 7.08. The molecular formula is C18H14BrNO. The summed E-state index contributed by atoms with van der Waals surface area (Å²) in [4.78, 5) is 16.3. The molecule has 0 saturated heterocycles. The fraction of sp³-hybridized carbons (Fsp3) is 0.167. The van der Waals surface area contributed by atoms with E-state index in [1.165, 1.54) is 0 Å². The summed E-state index contributed by atoms with van der Waals surface area (Å²) in [5.41, 5.74) is 2.61. The number of halogens is 1. The van der Waals surface area contributed by atoms with Crippen LogP contribution in [0.2, 0.25) is 0 Å². The van der Waals surface area contributed by atoms with E-state index in [4.69, 9.17) is 0 Å². The number of H-pyrrole nitrogens is 1. The molecule has 21 heavy (non-hydrogen) atoms. The zero-order valence-electron chi connectivity index (χ0n) is 11.4. The number of aromatic amines is 1. The van der Waals surface area contributed by atoms with Crippen molar-refractivity contribution in [3.05, 3.63) is 70.3 Å². The molecule has 1 aliphatic carbocycles. The predicted molar refractivity (Wildman–Crippen MR) is 87.7 cm³/mol. The number of benzene rings is 2. The smallest absolute Gasteiger partial charge is 0.175 e. The summed E-state index contributed by atoms with van der Waals surface area (Å²) in [6, 6.07) is 16.1. The van der Waals surface area contributed by atoms with Gasteiger partial charge in [-0.15, -0.1) is 0 Å². The van der Waals surface area contributed by atoms with E-state index < -0.39 is 0 Å². The highest BCUT2D eigenvalue weighted by Crippen LogP contribution is 2.51. The summed E-state index contributed by atoms with van der Waals surface area (Å²) in [5, 5.41) is 0.990. The van der Waals surface area contributed by atoms with Crippen LogP contribution in [0.25, 0.3) is 10.9 Å². The Kier molecular flexibility index (Phi) is 2.79. The lowest BCUT2D eigenvalue weighted by Gasteiger charge is -2.14. The second-order valence-electron chi connectivity index (χ2n) is 5.64. The highest BCUT2D eigenvalue weighted by molar-refractivity contribution is 9.10. The summed E-state index contributed by atoms with van der Waals surface area (Å²) in [5.74, 6) is 0.229. The second-order valence-corrected chi connectivity index (χ2v) is 6.50. The van der Waals surface area contributed by atoms with Crippen LogP contribution in [-0.2, 0) is 5.41 Å². The van der Waals surface area contributed by atoms with Gasteiger partial charge >= 0.3 is 0 Å². The molecule has 1 saturated carbocycles. The first kappa shape index (κ1) is 12.8. The molecule has 0 amide bonds. The van der Waals surface area contributed by atoms with Gasteiger partial charge in [0.05, 0.1) is 5.41 Å². The minimum Gasteiger partial charge on any atom is -0.360 e. The molecule has 0 spiro atoms. The van der Waals surface area contributed by atoms with Gasteiger partial charge in [-0.1, -0.05) is 52.3 Å². The Morgan fingerprint density at radius 3 is 2.52 bits per heavy atom. The summed E-state index contributed by atoms with van der Waals surface area (Å²) < 4.78 is 0.966. The van der Waals surface area contributed by atoms with Crippen molar-refractivity contribution in [2.45, 2.75) is 18.3 Å². The van der Waals surface area contributed by atoms with Crippen LogP contribution in [0.3, 0.4) is 0 Å². The Hall–Kier alpha value is -1.87. The van der Waals surface area contributed by atoms with E-state index in [2.05, 4.69) is 33.0 Å². The van der Waals surface area contributed by atoms with Crippen LogP contribution in [0.1, 0.15) is 28.8 Å². The number of Topliss-reactive ketones (excluding diaryl/α,β-unsaturated/α-hetero) is 1. The van der Waals surface area contributed by atoms with Crippen molar-refractivity contribution in [1.82, 2.24) is 4.98 Å². The monoisotopic (exact) mass is 339 g/mol. The van der Waals surface area contributed by atoms with Gasteiger partial charge in [0, 0.05) is 27.1 Å². The van der Waals surface area contributed by atoms with Gasteiger partial charge in [0.15, 0.2) is 5.78 Å². The molecule has 2 aromatic carbocycles. The molecule has 0 radical (unpaired) electrons. The molecule has 0 atom stereocenters. The van der Waals surface area contributed by atoms with Gasteiger partial charge in [-0.2, -0.15) is 0 Å². The van der Waals surface area contributed by atoms with Gasteiger partial charge in [0.25, 0.3) is 0 Å². The summed E-state index contributed by atoms with van der Waals surface area (Å²) in [6.07, 6.45) is 3.72. The molecule has 1 heterocycles. The molecule has 4 rings (SSSR count). The van der Waals surface area contributed by atoms with Crippen molar-refractivity contribution < 1.29 is 4.79 Å². The molecule has 1 fully saturated rings. The maximum Gasteiger partial charge on any atom is 0.175 e. The molecular weight excluding hydrogens is 326 g/mol. The van der Waals surface area contributed by atoms with Crippen LogP contribution >= 0.6 is 15.9 Å². The van der Waals surface area contributed by atoms with E-state index in [1.54, 1.807) is 0 Å². The number of hydrogen-bond acceptors (Lipinski definition) is 1. The fourth-order valence-electron chi connectivity index (χ4n) is 3.11. The zero-order chi connectivity index (χ0) is 14.4. The van der Waals surface area contributed by atoms with Crippen molar-refractivity contribution in [3.8, 4) is 0 Å². The first-order valence-corrected chi connectivity index (χ1v) is 7.88. The quantitative estimate of drug-likeness (QED) is 0.680. The number of carbonyl (C=O) groups excluding carboxylic acids is 1. The Labute approximate surface area is 131 Å². The summed E-state index contributed by atoms with van der Waals surface area (Å²) in [6.45, 7) is 0. The molecule has 1 aromatic heterocycles. The molecule has 1 N–H and O–H groups in total. The van der Waals surface area contributed by atoms with E-state index in [0.717, 1.165) is 39.3 Å². The normalized spacial score (nSPS) is 16.0. The molecule has 3 heteroatoms. The number of aromatic nitrogens is 1. The summed E-state index contributed by atoms with van der Waals surface area (Å²) >= 11 is 3.57. The standard InChI is InChI=1S/C18H14BrNO/c19-14-7-4-8-15-16(14)13(11-20-15)17(21)18(9-10-18)12-5-2-1-3-6-12/h1-8,11,20H,9-10H2. The number of hydrogen-bond donors (Lipinski definition) is 1. The lowest BCUT2D eigenvalue weighted by molar-refractivity contribution is 0.0947. The van der Waals surface area contributed by atoms with E-state index >= 15 is 0 Å². The van der Waals surface area contributed by atoms with Crippen molar-refractivity contribution in [3.63, 3.8) is 0 Å². The number of carbonyl (C=O) groups is 1. The minimum atomic E-state index is -0.314. The number of nitrogens with one attached hydrogen (secondary N) is 1. The fourth-order valence-corrected chi connectivity index (χ4v) is 3.69. The van der Waals surface area contributed by atoms with E-state index in [9.17, 15) is 4.79 Å². The largest absolute Gasteiger partial charge is 0.360 e. The first-order chi connectivity index (χ1) is 10.2. The van der Waals surface area contributed by atoms with E-state index in [-0.39, 0.29) is 11.2 Å². The van der Waals surface area contributed by atoms with Crippen molar-refractivity contribution in [1.29, 1.82) is 0 Å². The lowest BCUT2D eigenvalue weighted by Crippen LogP contribution is -2.20. The maximum absolute atomic E-state index is 13.1. The highest BCUT2D eigenvalue weighted by atomic mass is 79.9. The van der Waals surface area contributed by atoms with Gasteiger partial charge in [-0.25, -0.2) is 0 Å². The third-order valence-electron chi connectivity index (χ3n) is 4.41. The van der Waals surface area contributed by atoms with Crippen LogP contribution in [0.4, 0.5) is 0 Å². The predicted octanol–water partition coefficient (Wildman–Crippen LogP) is 4.84. The Morgan fingerprint density at radius 1 is 1.05 bits per heavy atom. The third-order valence-corrected chi connectivity index (χ3v) is 5.07. The van der Waals surface area contributed by atoms with E-state index in [0.29, 0.717) is 0 Å². The Balaban J connectivity index is 1.85. The lowest BCUT2D eigenvalue weighted by atomic mass is 9.87. The second kappa shape index (κ2) is 4.57. The van der Waals surface area contributed by atoms with Gasteiger partial charge < -0.3 is 4.98 Å². The highest BCUT2D eigenvalue weighted by Gasteiger charge is 2.51. The molecule has 0 unspecified atom stereocenters. The molecule has 1 aliphatic rings. The number of ketones is 1. The molecule has 0 bridgehead atoms. The van der Waals surface area contributed by atoms with Gasteiger partial charge in [0.2, 0.25) is 0 Å². The van der Waals surface area contributed by atoms with Crippen molar-refractivity contribution in [2.75, 3.05) is 0 Å². The molecule has 104 valence electrons. The van der Waals surface area contributed by atoms with Crippen LogP contribution in [-0.4, -0.2) is 10.8 Å². The number of rotatable bonds is 3. The van der Waals surface area contributed by atoms with Crippen LogP contribution < -0.4 is 0 Å². The number of fused-ring (bicyclic) bond motifs is 1. The molecule has 3 aromatic rings. The Bertz CT molecular complexity index is 831. The van der Waals surface area contributed by atoms with Crippen molar-refractivity contribution in [2.24, 2.45) is 0 Å². The van der Waals surface area contributed by atoms with Crippen LogP contribution in [0.5, 0.6) is 0 Å².